The fourth-order valence-corrected chi connectivity index (χ4v) is 2.20. The van der Waals surface area contributed by atoms with Crippen molar-refractivity contribution in [1.29, 1.82) is 0 Å². The van der Waals surface area contributed by atoms with Gasteiger partial charge in [0, 0.05) is 11.8 Å². The normalized spacial score (nSPS) is 11.8. The van der Waals surface area contributed by atoms with Crippen molar-refractivity contribution in [3.63, 3.8) is 0 Å². The van der Waals surface area contributed by atoms with E-state index in [0.29, 0.717) is 11.1 Å². The van der Waals surface area contributed by atoms with Crippen LogP contribution in [0, 0.1) is 6.92 Å². The van der Waals surface area contributed by atoms with E-state index in [1.54, 1.807) is 35.7 Å². The van der Waals surface area contributed by atoms with E-state index in [1.165, 1.54) is 12.1 Å². The van der Waals surface area contributed by atoms with Gasteiger partial charge in [-0.15, -0.1) is 23.4 Å². The Labute approximate surface area is 123 Å². The number of halogens is 3. The van der Waals surface area contributed by atoms with Gasteiger partial charge in [0.2, 0.25) is 5.95 Å². The first-order chi connectivity index (χ1) is 10.3. The van der Waals surface area contributed by atoms with Gasteiger partial charge in [0.05, 0.1) is 5.52 Å². The van der Waals surface area contributed by atoms with Crippen LogP contribution in [-0.2, 0) is 0 Å². The molecule has 0 spiro atoms. The van der Waals surface area contributed by atoms with E-state index >= 15 is 0 Å². The van der Waals surface area contributed by atoms with E-state index in [1.807, 2.05) is 0 Å². The lowest BCUT2D eigenvalue weighted by Gasteiger charge is -2.14. The first kappa shape index (κ1) is 14.2. The number of aryl methyl sites for hydroxylation is 1. The number of fused-ring (bicyclic) bond motifs is 1. The molecule has 0 atom stereocenters. The zero-order chi connectivity index (χ0) is 15.9. The molecule has 2 aromatic heterocycles. The third-order valence-corrected chi connectivity index (χ3v) is 3.11. The molecule has 0 bridgehead atoms. The third-order valence-electron chi connectivity index (χ3n) is 3.11. The van der Waals surface area contributed by atoms with Gasteiger partial charge in [0.25, 0.3) is 0 Å². The molecule has 2 N–H and O–H groups in total. The summed E-state index contributed by atoms with van der Waals surface area (Å²) in [5, 5.41) is 7.70. The smallest absolute Gasteiger partial charge is 0.405 e. The molecular formula is C14H11F3N4O. The summed E-state index contributed by atoms with van der Waals surface area (Å²) in [7, 11) is 0. The van der Waals surface area contributed by atoms with Gasteiger partial charge in [-0.3, -0.25) is 4.40 Å². The molecule has 0 aliphatic rings. The zero-order valence-corrected chi connectivity index (χ0v) is 11.4. The number of nitrogen functional groups attached to an aromatic ring is 1. The molecule has 0 saturated carbocycles. The van der Waals surface area contributed by atoms with Crippen LogP contribution in [0.4, 0.5) is 19.1 Å². The fourth-order valence-electron chi connectivity index (χ4n) is 2.20. The maximum Gasteiger partial charge on any atom is 0.573 e. The molecule has 114 valence electrons. The highest BCUT2D eigenvalue weighted by molar-refractivity contribution is 5.81. The van der Waals surface area contributed by atoms with Crippen LogP contribution in [0.1, 0.15) is 5.56 Å². The van der Waals surface area contributed by atoms with Crippen molar-refractivity contribution in [2.24, 2.45) is 0 Å². The summed E-state index contributed by atoms with van der Waals surface area (Å²) in [6.07, 6.45) is -3.14. The van der Waals surface area contributed by atoms with Gasteiger partial charge in [-0.05, 0) is 36.8 Å². The summed E-state index contributed by atoms with van der Waals surface area (Å²) in [6.45, 7) is 1.68. The number of aromatic nitrogens is 3. The average Bonchev–Trinajstić information content (AvgIpc) is 2.89. The van der Waals surface area contributed by atoms with Gasteiger partial charge in [0.15, 0.2) is 0 Å². The number of anilines is 1. The van der Waals surface area contributed by atoms with Crippen LogP contribution in [-0.4, -0.2) is 21.0 Å². The molecule has 0 saturated heterocycles. The quantitative estimate of drug-likeness (QED) is 0.789. The maximum atomic E-state index is 12.6. The minimum Gasteiger partial charge on any atom is -0.405 e. The summed E-state index contributed by atoms with van der Waals surface area (Å²) < 4.78 is 43.5. The van der Waals surface area contributed by atoms with Crippen molar-refractivity contribution in [3.05, 3.63) is 42.1 Å². The highest BCUT2D eigenvalue weighted by Gasteiger charge is 2.32. The second-order valence-electron chi connectivity index (χ2n) is 4.72. The van der Waals surface area contributed by atoms with E-state index in [0.717, 1.165) is 0 Å². The number of hydrogen-bond donors (Lipinski definition) is 1. The summed E-state index contributed by atoms with van der Waals surface area (Å²) in [6, 6.07) is 7.90. The molecule has 0 fully saturated rings. The molecule has 1 aromatic carbocycles. The Hall–Kier alpha value is -2.77. The van der Waals surface area contributed by atoms with Gasteiger partial charge in [-0.25, -0.2) is 0 Å². The topological polar surface area (TPSA) is 65.4 Å². The van der Waals surface area contributed by atoms with E-state index in [-0.39, 0.29) is 23.0 Å². The van der Waals surface area contributed by atoms with Crippen LogP contribution in [0.3, 0.4) is 0 Å². The highest BCUT2D eigenvalue weighted by Crippen LogP contribution is 2.35. The summed E-state index contributed by atoms with van der Waals surface area (Å²) in [5.41, 5.74) is 7.33. The van der Waals surface area contributed by atoms with Gasteiger partial charge in [-0.2, -0.15) is 0 Å². The molecule has 3 rings (SSSR count). The van der Waals surface area contributed by atoms with Crippen molar-refractivity contribution in [2.75, 3.05) is 5.73 Å². The first-order valence-electron chi connectivity index (χ1n) is 6.31. The SMILES string of the molecule is Cc1ccc(-c2nnc(N)n3cccc23)c(OC(F)(F)F)c1. The number of rotatable bonds is 2. The number of benzene rings is 1. The van der Waals surface area contributed by atoms with Gasteiger partial charge < -0.3 is 10.5 Å². The van der Waals surface area contributed by atoms with Crippen molar-refractivity contribution < 1.29 is 17.9 Å². The van der Waals surface area contributed by atoms with Crippen molar-refractivity contribution in [1.82, 2.24) is 14.6 Å². The molecule has 3 aromatic rings. The molecule has 22 heavy (non-hydrogen) atoms. The van der Waals surface area contributed by atoms with Gasteiger partial charge in [0.1, 0.15) is 11.4 Å². The standard InChI is InChI=1S/C14H11F3N4O/c1-8-4-5-9(11(7-8)22-14(15,16)17)12-10-3-2-6-21(10)13(18)20-19-12/h2-7H,1H3,(H2,18,20). The van der Waals surface area contributed by atoms with Crippen LogP contribution in [0.15, 0.2) is 36.5 Å². The number of ether oxygens (including phenoxy) is 1. The van der Waals surface area contributed by atoms with Crippen LogP contribution >= 0.6 is 0 Å². The predicted molar refractivity (Wildman–Crippen MR) is 74.3 cm³/mol. The molecule has 5 nitrogen and oxygen atoms in total. The predicted octanol–water partition coefficient (Wildman–Crippen LogP) is 3.19. The maximum absolute atomic E-state index is 12.6. The minimum absolute atomic E-state index is 0.147. The number of nitrogens with two attached hydrogens (primary N) is 1. The molecular weight excluding hydrogens is 297 g/mol. The zero-order valence-electron chi connectivity index (χ0n) is 11.4. The highest BCUT2D eigenvalue weighted by atomic mass is 19.4. The Morgan fingerprint density at radius 3 is 2.68 bits per heavy atom. The van der Waals surface area contributed by atoms with Crippen LogP contribution in [0.25, 0.3) is 16.8 Å². The Morgan fingerprint density at radius 2 is 1.95 bits per heavy atom. The monoisotopic (exact) mass is 308 g/mol. The van der Waals surface area contributed by atoms with E-state index < -0.39 is 6.36 Å². The molecule has 0 aliphatic heterocycles. The molecule has 2 heterocycles. The fraction of sp³-hybridized carbons (Fsp3) is 0.143. The Bertz CT molecular complexity index is 842. The minimum atomic E-state index is -4.79. The van der Waals surface area contributed by atoms with Gasteiger partial charge in [-0.1, -0.05) is 6.07 Å². The van der Waals surface area contributed by atoms with E-state index in [2.05, 4.69) is 14.9 Å². The summed E-state index contributed by atoms with van der Waals surface area (Å²) in [4.78, 5) is 0. The first-order valence-corrected chi connectivity index (χ1v) is 6.31. The van der Waals surface area contributed by atoms with Crippen molar-refractivity contribution in [3.8, 4) is 17.0 Å². The molecule has 0 radical (unpaired) electrons. The van der Waals surface area contributed by atoms with Crippen LogP contribution < -0.4 is 10.5 Å². The lowest BCUT2D eigenvalue weighted by Crippen LogP contribution is -2.18. The third kappa shape index (κ3) is 2.54. The molecule has 0 amide bonds. The Balaban J connectivity index is 2.22. The second-order valence-corrected chi connectivity index (χ2v) is 4.72. The average molecular weight is 308 g/mol. The summed E-state index contributed by atoms with van der Waals surface area (Å²) in [5.74, 6) is -0.177. The number of alkyl halides is 3. The molecule has 8 heteroatoms. The van der Waals surface area contributed by atoms with Crippen molar-refractivity contribution >= 4 is 11.5 Å². The molecule has 0 aliphatic carbocycles. The van der Waals surface area contributed by atoms with Crippen LogP contribution in [0.2, 0.25) is 0 Å². The Morgan fingerprint density at radius 1 is 1.18 bits per heavy atom. The lowest BCUT2D eigenvalue weighted by molar-refractivity contribution is -0.274. The van der Waals surface area contributed by atoms with E-state index in [9.17, 15) is 13.2 Å². The lowest BCUT2D eigenvalue weighted by atomic mass is 10.1. The second kappa shape index (κ2) is 4.90. The largest absolute Gasteiger partial charge is 0.573 e. The van der Waals surface area contributed by atoms with Gasteiger partial charge >= 0.3 is 6.36 Å². The Kier molecular flexibility index (Phi) is 3.16. The van der Waals surface area contributed by atoms with Crippen LogP contribution in [0.5, 0.6) is 5.75 Å². The van der Waals surface area contributed by atoms with E-state index in [4.69, 9.17) is 5.73 Å². The van der Waals surface area contributed by atoms with Crippen molar-refractivity contribution in [2.45, 2.75) is 13.3 Å². The molecule has 0 unspecified atom stereocenters. The summed E-state index contributed by atoms with van der Waals surface area (Å²) >= 11 is 0. The number of nitrogens with zero attached hydrogens (tertiary/aromatic N) is 3. The number of hydrogen-bond acceptors (Lipinski definition) is 4.